The van der Waals surface area contributed by atoms with E-state index in [0.29, 0.717) is 0 Å². The third-order valence-corrected chi connectivity index (χ3v) is 11.7. The summed E-state index contributed by atoms with van der Waals surface area (Å²) in [6, 6.07) is 73.9. The van der Waals surface area contributed by atoms with E-state index in [1.807, 2.05) is 0 Å². The van der Waals surface area contributed by atoms with Crippen LogP contribution in [0.15, 0.2) is 200 Å². The van der Waals surface area contributed by atoms with Crippen molar-refractivity contribution >= 4 is 17.1 Å². The van der Waals surface area contributed by atoms with Crippen LogP contribution in [0.4, 0.5) is 17.1 Å². The summed E-state index contributed by atoms with van der Waals surface area (Å²) in [5.74, 6) is 0. The number of hydrogen-bond donors (Lipinski definition) is 0. The molecule has 0 atom stereocenters. The third kappa shape index (κ3) is 4.70. The summed E-state index contributed by atoms with van der Waals surface area (Å²) < 4.78 is 0. The van der Waals surface area contributed by atoms with Crippen molar-refractivity contribution in [2.45, 2.75) is 24.7 Å². The van der Waals surface area contributed by atoms with Gasteiger partial charge in [0.1, 0.15) is 0 Å². The van der Waals surface area contributed by atoms with Crippen LogP contribution in [0, 0.1) is 0 Å². The maximum absolute atomic E-state index is 2.43. The first-order valence-electron chi connectivity index (χ1n) is 18.6. The summed E-state index contributed by atoms with van der Waals surface area (Å²) >= 11 is 0. The Morgan fingerprint density at radius 3 is 1.49 bits per heavy atom. The number of nitrogens with zero attached hydrogens (tertiary/aromatic N) is 1. The molecule has 2 aliphatic carbocycles. The van der Waals surface area contributed by atoms with Gasteiger partial charge in [-0.15, -0.1) is 0 Å². The van der Waals surface area contributed by atoms with Crippen molar-refractivity contribution in [1.82, 2.24) is 0 Å². The van der Waals surface area contributed by atoms with Crippen LogP contribution < -0.4 is 4.90 Å². The summed E-state index contributed by atoms with van der Waals surface area (Å²) in [5.41, 5.74) is 18.4. The lowest BCUT2D eigenvalue weighted by molar-refractivity contribution is 0.660. The van der Waals surface area contributed by atoms with Crippen molar-refractivity contribution in [3.05, 3.63) is 234 Å². The molecule has 0 N–H and O–H groups in total. The first-order chi connectivity index (χ1) is 26.0. The van der Waals surface area contributed by atoms with E-state index in [1.165, 1.54) is 66.8 Å². The van der Waals surface area contributed by atoms with E-state index in [9.17, 15) is 0 Å². The highest BCUT2D eigenvalue weighted by atomic mass is 15.1. The molecule has 0 fully saturated rings. The van der Waals surface area contributed by atoms with Crippen LogP contribution in [0.25, 0.3) is 33.4 Å². The van der Waals surface area contributed by atoms with Gasteiger partial charge in [0.15, 0.2) is 0 Å². The molecule has 2 aliphatic rings. The van der Waals surface area contributed by atoms with Gasteiger partial charge >= 0.3 is 0 Å². The number of para-hydroxylation sites is 1. The zero-order valence-corrected chi connectivity index (χ0v) is 30.0. The van der Waals surface area contributed by atoms with Crippen molar-refractivity contribution in [2.24, 2.45) is 0 Å². The van der Waals surface area contributed by atoms with E-state index in [1.54, 1.807) is 0 Å². The Morgan fingerprint density at radius 1 is 0.321 bits per heavy atom. The van der Waals surface area contributed by atoms with E-state index in [-0.39, 0.29) is 5.41 Å². The second-order valence-electron chi connectivity index (χ2n) is 14.9. The van der Waals surface area contributed by atoms with Crippen LogP contribution in [0.3, 0.4) is 0 Å². The zero-order chi connectivity index (χ0) is 35.6. The van der Waals surface area contributed by atoms with Crippen molar-refractivity contribution in [3.8, 4) is 33.4 Å². The third-order valence-electron chi connectivity index (χ3n) is 11.7. The van der Waals surface area contributed by atoms with Crippen LogP contribution in [0.5, 0.6) is 0 Å². The minimum atomic E-state index is -0.467. The van der Waals surface area contributed by atoms with Gasteiger partial charge in [0.2, 0.25) is 0 Å². The Hall–Kier alpha value is -6.44. The first kappa shape index (κ1) is 31.3. The van der Waals surface area contributed by atoms with E-state index in [0.717, 1.165) is 17.1 Å². The minimum absolute atomic E-state index is 0.162. The average molecular weight is 678 g/mol. The number of fused-ring (bicyclic) bond motifs is 6. The summed E-state index contributed by atoms with van der Waals surface area (Å²) in [7, 11) is 0. The maximum Gasteiger partial charge on any atom is 0.0714 e. The van der Waals surface area contributed by atoms with E-state index >= 15 is 0 Å². The predicted octanol–water partition coefficient (Wildman–Crippen LogP) is 13.5. The molecular formula is C52H39N. The van der Waals surface area contributed by atoms with Gasteiger partial charge in [-0.3, -0.25) is 0 Å². The van der Waals surface area contributed by atoms with Gasteiger partial charge in [0.25, 0.3) is 0 Å². The highest BCUT2D eigenvalue weighted by Gasteiger charge is 2.46. The number of benzene rings is 8. The molecule has 10 rings (SSSR count). The lowest BCUT2D eigenvalue weighted by Crippen LogP contribution is -2.28. The van der Waals surface area contributed by atoms with Gasteiger partial charge in [0, 0.05) is 22.5 Å². The summed E-state index contributed by atoms with van der Waals surface area (Å²) in [5, 5.41) is 0. The molecule has 53 heavy (non-hydrogen) atoms. The van der Waals surface area contributed by atoms with Crippen molar-refractivity contribution in [2.75, 3.05) is 4.90 Å². The molecule has 0 bridgehead atoms. The van der Waals surface area contributed by atoms with Crippen LogP contribution >= 0.6 is 0 Å². The van der Waals surface area contributed by atoms with Gasteiger partial charge in [-0.05, 0) is 109 Å². The highest BCUT2D eigenvalue weighted by Crippen LogP contribution is 2.57. The van der Waals surface area contributed by atoms with Crippen molar-refractivity contribution in [1.29, 1.82) is 0 Å². The Kier molecular flexibility index (Phi) is 7.13. The molecule has 8 aromatic carbocycles. The van der Waals surface area contributed by atoms with Gasteiger partial charge in [-0.2, -0.15) is 0 Å². The fourth-order valence-electron chi connectivity index (χ4n) is 9.29. The molecule has 252 valence electrons. The molecule has 1 nitrogen and oxygen atoms in total. The van der Waals surface area contributed by atoms with E-state index in [2.05, 4.69) is 219 Å². The fraction of sp³-hybridized carbons (Fsp3) is 0.0769. The van der Waals surface area contributed by atoms with Crippen molar-refractivity contribution in [3.63, 3.8) is 0 Å². The molecular weight excluding hydrogens is 639 g/mol. The van der Waals surface area contributed by atoms with Crippen LogP contribution in [-0.4, -0.2) is 0 Å². The summed E-state index contributed by atoms with van der Waals surface area (Å²) in [6.45, 7) is 4.75. The quantitative estimate of drug-likeness (QED) is 0.169. The van der Waals surface area contributed by atoms with Crippen molar-refractivity contribution < 1.29 is 0 Å². The molecule has 0 saturated heterocycles. The molecule has 0 aromatic heterocycles. The molecule has 0 amide bonds. The van der Waals surface area contributed by atoms with E-state index < -0.39 is 5.41 Å². The van der Waals surface area contributed by atoms with Crippen LogP contribution in [0.1, 0.15) is 47.2 Å². The standard InChI is InChI=1S/C52H39N/c1-51(2)49-33-37(36-17-6-3-7-18-36)29-31-45(49)46-32-30-42(35-50(46)51)53(40-22-10-5-11-23-40)41-24-16-21-39(34-41)52(38-19-8-4-9-20-38)47-27-14-12-25-43(47)44-26-13-15-28-48(44)52/h3-35H,1-2H3. The lowest BCUT2D eigenvalue weighted by Gasteiger charge is -2.35. The Morgan fingerprint density at radius 2 is 0.811 bits per heavy atom. The smallest absolute Gasteiger partial charge is 0.0714 e. The van der Waals surface area contributed by atoms with Gasteiger partial charge in [-0.1, -0.05) is 172 Å². The molecule has 0 radical (unpaired) electrons. The fourth-order valence-corrected chi connectivity index (χ4v) is 9.29. The monoisotopic (exact) mass is 677 g/mol. The normalized spacial score (nSPS) is 14.2. The second kappa shape index (κ2) is 12.1. The molecule has 0 heterocycles. The molecule has 0 spiro atoms. The molecule has 0 unspecified atom stereocenters. The predicted molar refractivity (Wildman–Crippen MR) is 221 cm³/mol. The number of hydrogen-bond acceptors (Lipinski definition) is 1. The van der Waals surface area contributed by atoms with E-state index in [4.69, 9.17) is 0 Å². The number of anilines is 3. The summed E-state index contributed by atoms with van der Waals surface area (Å²) in [6.07, 6.45) is 0. The van der Waals surface area contributed by atoms with Gasteiger partial charge in [0.05, 0.1) is 5.41 Å². The molecule has 1 heteroatoms. The molecule has 0 saturated carbocycles. The van der Waals surface area contributed by atoms with Crippen LogP contribution in [0.2, 0.25) is 0 Å². The molecule has 8 aromatic rings. The first-order valence-corrected chi connectivity index (χ1v) is 18.6. The zero-order valence-electron chi connectivity index (χ0n) is 30.0. The number of rotatable bonds is 6. The topological polar surface area (TPSA) is 3.24 Å². The average Bonchev–Trinajstić information content (AvgIpc) is 3.65. The van der Waals surface area contributed by atoms with Gasteiger partial charge in [-0.25, -0.2) is 0 Å². The van der Waals surface area contributed by atoms with Gasteiger partial charge < -0.3 is 4.90 Å². The minimum Gasteiger partial charge on any atom is -0.310 e. The Labute approximate surface area is 312 Å². The Balaban J connectivity index is 1.15. The molecule has 0 aliphatic heterocycles. The summed E-state index contributed by atoms with van der Waals surface area (Å²) in [4.78, 5) is 2.43. The largest absolute Gasteiger partial charge is 0.310 e. The lowest BCUT2D eigenvalue weighted by atomic mass is 9.67. The highest BCUT2D eigenvalue weighted by molar-refractivity contribution is 5.89. The Bertz CT molecular complexity index is 2590. The maximum atomic E-state index is 2.43. The second-order valence-corrected chi connectivity index (χ2v) is 14.9. The SMILES string of the molecule is CC1(C)c2cc(-c3ccccc3)ccc2-c2ccc(N(c3ccccc3)c3cccc(C4(c5ccccc5)c5ccccc5-c5ccccc54)c3)cc21. The van der Waals surface area contributed by atoms with Crippen LogP contribution in [-0.2, 0) is 10.8 Å².